The van der Waals surface area contributed by atoms with Crippen LogP contribution in [-0.4, -0.2) is 50.5 Å². The predicted octanol–water partition coefficient (Wildman–Crippen LogP) is 4.76. The van der Waals surface area contributed by atoms with Crippen LogP contribution in [0.1, 0.15) is 5.56 Å². The molecule has 1 atom stereocenters. The van der Waals surface area contributed by atoms with Gasteiger partial charge in [-0.3, -0.25) is 13.3 Å². The van der Waals surface area contributed by atoms with Crippen LogP contribution in [0.3, 0.4) is 0 Å². The highest BCUT2D eigenvalue weighted by Gasteiger charge is 2.21. The van der Waals surface area contributed by atoms with E-state index in [1.165, 1.54) is 20.3 Å². The second-order valence-corrected chi connectivity index (χ2v) is 10.3. The van der Waals surface area contributed by atoms with Crippen molar-refractivity contribution in [1.82, 2.24) is 15.3 Å². The van der Waals surface area contributed by atoms with Gasteiger partial charge in [0.15, 0.2) is 11.6 Å². The Morgan fingerprint density at radius 2 is 1.59 bits per heavy atom. The number of phenols is 1. The monoisotopic (exact) mass is 613 g/mol. The van der Waals surface area contributed by atoms with Crippen LogP contribution in [0.5, 0.6) is 17.2 Å². The van der Waals surface area contributed by atoms with E-state index in [4.69, 9.17) is 9.47 Å². The number of hydrogen-bond acceptors (Lipinski definition) is 10. The highest BCUT2D eigenvalue weighted by atomic mass is 32.2. The molecule has 0 spiro atoms. The molecule has 1 heterocycles. The summed E-state index contributed by atoms with van der Waals surface area (Å²) in [6, 6.07) is 25.3. The number of aromatic nitrogens is 2. The first kappa shape index (κ1) is 30.2. The van der Waals surface area contributed by atoms with Gasteiger partial charge in [0.25, 0.3) is 0 Å². The van der Waals surface area contributed by atoms with Crippen molar-refractivity contribution in [2.24, 2.45) is 0 Å². The van der Waals surface area contributed by atoms with Gasteiger partial charge in [-0.05, 0) is 48.0 Å². The molecular formula is C31H29N6O6S-. The topological polar surface area (TPSA) is 161 Å². The molecule has 0 bridgehead atoms. The van der Waals surface area contributed by atoms with Crippen molar-refractivity contribution in [2.75, 3.05) is 35.7 Å². The molecule has 5 aromatic rings. The number of methoxy groups -OCH3 is 2. The summed E-state index contributed by atoms with van der Waals surface area (Å²) in [7, 11) is 3.05. The van der Waals surface area contributed by atoms with Gasteiger partial charge in [-0.2, -0.15) is 0 Å². The second-order valence-electron chi connectivity index (χ2n) is 9.49. The molecule has 5 rings (SSSR count). The Morgan fingerprint density at radius 3 is 2.27 bits per heavy atom. The Balaban J connectivity index is 1.43. The molecule has 4 N–H and O–H groups in total. The number of aromatic hydroxyl groups is 1. The van der Waals surface area contributed by atoms with E-state index >= 15 is 0 Å². The number of hydrogen-bond donors (Lipinski definition) is 4. The van der Waals surface area contributed by atoms with Crippen molar-refractivity contribution in [3.63, 3.8) is 0 Å². The average Bonchev–Trinajstić information content (AvgIpc) is 3.01. The van der Waals surface area contributed by atoms with Crippen LogP contribution in [0.25, 0.3) is 11.0 Å². The molecule has 0 aliphatic rings. The van der Waals surface area contributed by atoms with E-state index in [0.717, 1.165) is 9.87 Å². The molecule has 0 saturated heterocycles. The van der Waals surface area contributed by atoms with Gasteiger partial charge in [-0.25, -0.2) is 9.97 Å². The molecule has 0 saturated carbocycles. The Hall–Kier alpha value is -5.24. The van der Waals surface area contributed by atoms with Crippen LogP contribution in [0.15, 0.2) is 91.0 Å². The summed E-state index contributed by atoms with van der Waals surface area (Å²) in [4.78, 5) is 22.0. The molecular weight excluding hydrogens is 584 g/mol. The molecule has 4 aromatic carbocycles. The first-order valence-corrected chi connectivity index (χ1v) is 14.4. The minimum atomic E-state index is -2.83. The zero-order valence-corrected chi connectivity index (χ0v) is 24.6. The molecule has 0 radical (unpaired) electrons. The normalized spacial score (nSPS) is 11.5. The van der Waals surface area contributed by atoms with Crippen molar-refractivity contribution in [2.45, 2.75) is 6.54 Å². The maximum atomic E-state index is 12.8. The van der Waals surface area contributed by atoms with Crippen LogP contribution in [0.2, 0.25) is 0 Å². The van der Waals surface area contributed by atoms with E-state index < -0.39 is 11.3 Å². The molecule has 1 aromatic heterocycles. The molecule has 13 heteroatoms. The van der Waals surface area contributed by atoms with Crippen LogP contribution in [-0.2, 0) is 22.6 Å². The minimum Gasteiger partial charge on any atom is -0.755 e. The van der Waals surface area contributed by atoms with E-state index in [0.29, 0.717) is 40.5 Å². The summed E-state index contributed by atoms with van der Waals surface area (Å²) in [5.74, 6) is 1.02. The van der Waals surface area contributed by atoms with E-state index in [2.05, 4.69) is 25.9 Å². The molecule has 0 fully saturated rings. The van der Waals surface area contributed by atoms with Crippen molar-refractivity contribution in [3.8, 4) is 17.2 Å². The number of rotatable bonds is 12. The Morgan fingerprint density at radius 1 is 0.886 bits per heavy atom. The van der Waals surface area contributed by atoms with Crippen LogP contribution < -0.4 is 29.7 Å². The van der Waals surface area contributed by atoms with Crippen molar-refractivity contribution in [3.05, 3.63) is 96.6 Å². The van der Waals surface area contributed by atoms with E-state index in [1.807, 2.05) is 12.1 Å². The number of para-hydroxylation sites is 2. The number of carbonyl (C=O) groups is 1. The Labute approximate surface area is 256 Å². The summed E-state index contributed by atoms with van der Waals surface area (Å²) in [6.07, 6.45) is 0. The lowest BCUT2D eigenvalue weighted by atomic mass is 10.2. The van der Waals surface area contributed by atoms with E-state index in [9.17, 15) is 18.7 Å². The van der Waals surface area contributed by atoms with Gasteiger partial charge in [-0.1, -0.05) is 30.3 Å². The number of anilines is 5. The first-order chi connectivity index (χ1) is 21.3. The summed E-state index contributed by atoms with van der Waals surface area (Å²) in [5, 5.41) is 18.6. The fraction of sp³-hybridized carbons (Fsp3) is 0.129. The number of carbonyl (C=O) groups excluding carboxylic acids is 1. The van der Waals surface area contributed by atoms with Gasteiger partial charge in [0, 0.05) is 36.1 Å². The quantitative estimate of drug-likeness (QED) is 0.144. The Bertz CT molecular complexity index is 1800. The smallest absolute Gasteiger partial charge is 0.238 e. The van der Waals surface area contributed by atoms with Crippen LogP contribution in [0, 0.1) is 0 Å². The second kappa shape index (κ2) is 13.8. The highest BCUT2D eigenvalue weighted by molar-refractivity contribution is 7.81. The number of amides is 1. The molecule has 226 valence electrons. The van der Waals surface area contributed by atoms with Gasteiger partial charge in [0.05, 0.1) is 48.8 Å². The standard InChI is InChI=1S/C31H30N6O6S/c1-42-25-15-22(16-26(17-25)43-2)34-30-31(36-28-12-4-3-11-27(28)35-30)37(44(40)41)23-9-6-8-21(14-23)33-29(39)19-32-18-20-7-5-10-24(38)13-20/h3-17,32,38H,18-19H2,1-2H3,(H,33,39)(H,34,35)(H,40,41)/p-1. The molecule has 12 nitrogen and oxygen atoms in total. The van der Waals surface area contributed by atoms with E-state index in [1.54, 1.807) is 72.8 Å². The fourth-order valence-corrected chi connectivity index (χ4v) is 4.97. The summed E-state index contributed by atoms with van der Waals surface area (Å²) >= 11 is -2.83. The summed E-state index contributed by atoms with van der Waals surface area (Å²) in [5.41, 5.74) is 2.98. The molecule has 44 heavy (non-hydrogen) atoms. The van der Waals surface area contributed by atoms with Crippen LogP contribution in [0.4, 0.5) is 28.7 Å². The average molecular weight is 614 g/mol. The van der Waals surface area contributed by atoms with Crippen molar-refractivity contribution < 1.29 is 28.1 Å². The van der Waals surface area contributed by atoms with Gasteiger partial charge < -0.3 is 35.1 Å². The summed E-state index contributed by atoms with van der Waals surface area (Å²) < 4.78 is 37.2. The first-order valence-electron chi connectivity index (χ1n) is 13.4. The number of fused-ring (bicyclic) bond motifs is 1. The van der Waals surface area contributed by atoms with Gasteiger partial charge in [0.1, 0.15) is 17.2 Å². The zero-order valence-electron chi connectivity index (χ0n) is 23.8. The number of nitrogens with zero attached hydrogens (tertiary/aromatic N) is 3. The third-order valence-electron chi connectivity index (χ3n) is 6.40. The highest BCUT2D eigenvalue weighted by Crippen LogP contribution is 2.36. The lowest BCUT2D eigenvalue weighted by Crippen LogP contribution is -2.28. The zero-order chi connectivity index (χ0) is 31.1. The van der Waals surface area contributed by atoms with Crippen LogP contribution >= 0.6 is 0 Å². The SMILES string of the molecule is COc1cc(Nc2nc3ccccc3nc2N(c2cccc(NC(=O)CNCc3cccc(O)c3)c2)S(=O)[O-])cc(OC)c1. The van der Waals surface area contributed by atoms with Crippen molar-refractivity contribution in [1.29, 1.82) is 0 Å². The third kappa shape index (κ3) is 7.39. The minimum absolute atomic E-state index is 0.00863. The van der Waals surface area contributed by atoms with Crippen molar-refractivity contribution >= 4 is 56.9 Å². The number of benzene rings is 4. The van der Waals surface area contributed by atoms with Gasteiger partial charge in [0.2, 0.25) is 5.91 Å². The maximum Gasteiger partial charge on any atom is 0.238 e. The van der Waals surface area contributed by atoms with E-state index in [-0.39, 0.29) is 35.5 Å². The lowest BCUT2D eigenvalue weighted by Gasteiger charge is -2.27. The molecule has 0 aliphatic heterocycles. The lowest BCUT2D eigenvalue weighted by molar-refractivity contribution is -0.115. The summed E-state index contributed by atoms with van der Waals surface area (Å²) in [6.45, 7) is 0.367. The third-order valence-corrected chi connectivity index (χ3v) is 7.08. The molecule has 0 aliphatic carbocycles. The maximum absolute atomic E-state index is 12.8. The number of nitrogens with one attached hydrogen (secondary N) is 3. The number of ether oxygens (including phenoxy) is 2. The van der Waals surface area contributed by atoms with Gasteiger partial charge >= 0.3 is 0 Å². The Kier molecular flexibility index (Phi) is 9.49. The number of phenolic OH excluding ortho intramolecular Hbond substituents is 1. The largest absolute Gasteiger partial charge is 0.755 e. The fourth-order valence-electron chi connectivity index (χ4n) is 4.41. The predicted molar refractivity (Wildman–Crippen MR) is 168 cm³/mol. The molecule has 1 amide bonds. The molecule has 1 unspecified atom stereocenters. The van der Waals surface area contributed by atoms with Gasteiger partial charge in [-0.15, -0.1) is 0 Å².